The smallest absolute Gasteiger partial charge is 0.219 e. The lowest BCUT2D eigenvalue weighted by atomic mass is 9.48. The summed E-state index contributed by atoms with van der Waals surface area (Å²) in [5.41, 5.74) is 1.34. The zero-order chi connectivity index (χ0) is 18.0. The fourth-order valence-corrected chi connectivity index (χ4v) is 7.74. The van der Waals surface area contributed by atoms with Gasteiger partial charge in [-0.15, -0.1) is 0 Å². The minimum absolute atomic E-state index is 0.00915. The maximum Gasteiger partial charge on any atom is 0.219 e. The molecule has 0 aromatic carbocycles. The van der Waals surface area contributed by atoms with Gasteiger partial charge in [0, 0.05) is 11.3 Å². The zero-order valence-electron chi connectivity index (χ0n) is 15.3. The normalized spacial score (nSPS) is 48.4. The number of carbonyl (C=O) groups is 2. The van der Waals surface area contributed by atoms with Crippen LogP contribution in [0.5, 0.6) is 0 Å². The maximum absolute atomic E-state index is 12.4. The summed E-state index contributed by atoms with van der Waals surface area (Å²) in [6.07, 6.45) is 11.2. The van der Waals surface area contributed by atoms with Crippen molar-refractivity contribution in [3.63, 3.8) is 0 Å². The highest BCUT2D eigenvalue weighted by Crippen LogP contribution is 2.67. The summed E-state index contributed by atoms with van der Waals surface area (Å²) in [5.74, 6) is 2.18. The zero-order valence-corrected chi connectivity index (χ0v) is 16.1. The third kappa shape index (κ3) is 2.36. The van der Waals surface area contributed by atoms with E-state index < -0.39 is 0 Å². The van der Waals surface area contributed by atoms with Gasteiger partial charge < -0.3 is 4.55 Å². The summed E-state index contributed by atoms with van der Waals surface area (Å²) in [4.78, 5) is 24.2. The number of hydrogen-bond donors (Lipinski definition) is 1. The minimum atomic E-state index is -0.0401. The lowest BCUT2D eigenvalue weighted by molar-refractivity contribution is -0.122. The Morgan fingerprint density at radius 1 is 1.28 bits per heavy atom. The van der Waals surface area contributed by atoms with E-state index in [1.54, 1.807) is 6.08 Å². The van der Waals surface area contributed by atoms with Crippen LogP contribution in [-0.4, -0.2) is 15.5 Å². The van der Waals surface area contributed by atoms with Gasteiger partial charge in [-0.1, -0.05) is 32.4 Å². The van der Waals surface area contributed by atoms with Gasteiger partial charge in [-0.3, -0.25) is 9.59 Å². The van der Waals surface area contributed by atoms with Crippen LogP contribution in [0, 0.1) is 40.4 Å². The molecule has 3 fully saturated rings. The highest BCUT2D eigenvalue weighted by molar-refractivity contribution is 8.08. The van der Waals surface area contributed by atoms with Gasteiger partial charge in [-0.2, -0.15) is 0 Å². The first-order valence-corrected chi connectivity index (χ1v) is 10.4. The molecule has 0 aromatic heterocycles. The Balaban J connectivity index is 1.68. The highest BCUT2D eigenvalue weighted by atomic mass is 32.2. The van der Waals surface area contributed by atoms with Gasteiger partial charge in [0.15, 0.2) is 5.78 Å². The highest BCUT2D eigenvalue weighted by Gasteiger charge is 2.61. The van der Waals surface area contributed by atoms with E-state index >= 15 is 0 Å². The molecule has 4 aliphatic carbocycles. The SMILES string of the molecule is C[C@@H]1C[C@H]2[C@@H]3CCC4=CC(=O)C=C[C@]4(C)[C@H]3CC[C@]2(C)[C@H]1C(=O)SO. The van der Waals surface area contributed by atoms with E-state index in [1.165, 1.54) is 5.57 Å². The topological polar surface area (TPSA) is 54.4 Å². The second-order valence-corrected chi connectivity index (χ2v) is 9.83. The fraction of sp³-hybridized carbons (Fsp3) is 0.714. The monoisotopic (exact) mass is 360 g/mol. The molecule has 0 bridgehead atoms. The molecular formula is C21H28O3S. The largest absolute Gasteiger partial charge is 0.323 e. The van der Waals surface area contributed by atoms with Crippen LogP contribution >= 0.6 is 12.0 Å². The molecule has 4 rings (SSSR count). The summed E-state index contributed by atoms with van der Waals surface area (Å²) in [5, 5.41) is -0.0401. The lowest BCUT2D eigenvalue weighted by Gasteiger charge is -2.56. The van der Waals surface area contributed by atoms with E-state index in [2.05, 4.69) is 26.8 Å². The second kappa shape index (κ2) is 5.82. The predicted octanol–water partition coefficient (Wildman–Crippen LogP) is 4.89. The number of fused-ring (bicyclic) bond motifs is 5. The summed E-state index contributed by atoms with van der Waals surface area (Å²) in [6.45, 7) is 6.79. The first kappa shape index (κ1) is 17.5. The number of hydrogen-bond acceptors (Lipinski definition) is 4. The summed E-state index contributed by atoms with van der Waals surface area (Å²) < 4.78 is 9.39. The quantitative estimate of drug-likeness (QED) is 0.677. The molecule has 136 valence electrons. The first-order chi connectivity index (χ1) is 11.8. The average Bonchev–Trinajstić information content (AvgIpc) is 2.85. The summed E-state index contributed by atoms with van der Waals surface area (Å²) >= 11 is 0.430. The molecule has 4 heteroatoms. The van der Waals surface area contributed by atoms with Crippen molar-refractivity contribution in [2.45, 2.75) is 52.9 Å². The van der Waals surface area contributed by atoms with Crippen LogP contribution in [-0.2, 0) is 9.59 Å². The van der Waals surface area contributed by atoms with Gasteiger partial charge in [0.2, 0.25) is 5.12 Å². The number of rotatable bonds is 1. The van der Waals surface area contributed by atoms with Gasteiger partial charge in [0.1, 0.15) is 0 Å². The van der Waals surface area contributed by atoms with Crippen LogP contribution in [0.25, 0.3) is 0 Å². The molecule has 0 spiro atoms. The standard InChI is InChI=1S/C21H28O3S/c1-12-10-17-15-5-4-13-11-14(22)6-8-20(13,2)16(15)7-9-21(17,3)18(12)19(23)25-24/h6,8,11-12,15-18,24H,4-5,7,9-10H2,1-3H3/t12-,15-,16+,17+,18-,20+,21+/m1/s1. The predicted molar refractivity (Wildman–Crippen MR) is 99.9 cm³/mol. The molecule has 0 unspecified atom stereocenters. The molecule has 25 heavy (non-hydrogen) atoms. The van der Waals surface area contributed by atoms with Gasteiger partial charge in [-0.25, -0.2) is 0 Å². The van der Waals surface area contributed by atoms with Crippen molar-refractivity contribution in [2.75, 3.05) is 0 Å². The lowest BCUT2D eigenvalue weighted by Crippen LogP contribution is -2.50. The van der Waals surface area contributed by atoms with Gasteiger partial charge in [-0.05, 0) is 73.3 Å². The van der Waals surface area contributed by atoms with Crippen molar-refractivity contribution < 1.29 is 14.1 Å². The molecule has 3 nitrogen and oxygen atoms in total. The molecule has 0 aromatic rings. The van der Waals surface area contributed by atoms with Crippen molar-refractivity contribution >= 4 is 22.9 Å². The van der Waals surface area contributed by atoms with E-state index in [4.69, 9.17) is 0 Å². The number of ketones is 1. The van der Waals surface area contributed by atoms with Crippen molar-refractivity contribution in [1.82, 2.24) is 0 Å². The van der Waals surface area contributed by atoms with Crippen LogP contribution in [0.15, 0.2) is 23.8 Å². The van der Waals surface area contributed by atoms with Crippen molar-refractivity contribution in [3.05, 3.63) is 23.8 Å². The van der Waals surface area contributed by atoms with E-state index in [1.807, 2.05) is 6.08 Å². The van der Waals surface area contributed by atoms with E-state index in [-0.39, 0.29) is 27.6 Å². The summed E-state index contributed by atoms with van der Waals surface area (Å²) in [7, 11) is 0. The molecule has 0 aliphatic heterocycles. The third-order valence-corrected chi connectivity index (χ3v) is 8.68. The van der Waals surface area contributed by atoms with Crippen LogP contribution < -0.4 is 0 Å². The van der Waals surface area contributed by atoms with Crippen molar-refractivity contribution in [1.29, 1.82) is 0 Å². The number of allylic oxidation sites excluding steroid dienone is 4. The van der Waals surface area contributed by atoms with Crippen LogP contribution in [0.4, 0.5) is 0 Å². The van der Waals surface area contributed by atoms with Crippen molar-refractivity contribution in [2.24, 2.45) is 40.4 Å². The molecule has 0 heterocycles. The Morgan fingerprint density at radius 2 is 2.04 bits per heavy atom. The Hall–Kier alpha value is -0.870. The second-order valence-electron chi connectivity index (χ2n) is 9.25. The first-order valence-electron chi connectivity index (χ1n) is 9.61. The molecule has 3 saturated carbocycles. The van der Waals surface area contributed by atoms with Crippen LogP contribution in [0.2, 0.25) is 0 Å². The molecule has 4 aliphatic rings. The molecular weight excluding hydrogens is 332 g/mol. The van der Waals surface area contributed by atoms with E-state index in [0.717, 1.165) is 32.1 Å². The Morgan fingerprint density at radius 3 is 2.76 bits per heavy atom. The Labute approximate surface area is 154 Å². The third-order valence-electron chi connectivity index (χ3n) is 8.24. The van der Waals surface area contributed by atoms with E-state index in [0.29, 0.717) is 35.7 Å². The van der Waals surface area contributed by atoms with Gasteiger partial charge in [0.25, 0.3) is 0 Å². The van der Waals surface area contributed by atoms with E-state index in [9.17, 15) is 14.1 Å². The maximum atomic E-state index is 12.4. The summed E-state index contributed by atoms with van der Waals surface area (Å²) in [6, 6.07) is 0. The molecule has 7 atom stereocenters. The van der Waals surface area contributed by atoms with Crippen LogP contribution in [0.3, 0.4) is 0 Å². The Kier molecular flexibility index (Phi) is 4.08. The molecule has 0 saturated heterocycles. The molecule has 0 radical (unpaired) electrons. The molecule has 0 amide bonds. The minimum Gasteiger partial charge on any atom is -0.323 e. The fourth-order valence-electron chi connectivity index (χ4n) is 7.12. The van der Waals surface area contributed by atoms with Crippen molar-refractivity contribution in [3.8, 4) is 0 Å². The van der Waals surface area contributed by atoms with Crippen LogP contribution in [0.1, 0.15) is 52.9 Å². The number of carbonyl (C=O) groups excluding carboxylic acids is 2. The molecule has 1 N–H and O–H groups in total. The van der Waals surface area contributed by atoms with Gasteiger partial charge in [0.05, 0.1) is 12.0 Å². The van der Waals surface area contributed by atoms with Gasteiger partial charge >= 0.3 is 0 Å². The Bertz CT molecular complexity index is 681. The average molecular weight is 361 g/mol.